The monoisotopic (exact) mass is 396 g/mol. The maximum atomic E-state index is 12.6. The minimum Gasteiger partial charge on any atom is -0.320 e. The van der Waals surface area contributed by atoms with E-state index in [1.807, 2.05) is 0 Å². The maximum Gasteiger partial charge on any atom is 0.275 e. The Morgan fingerprint density at radius 1 is 0.852 bits per heavy atom. The molecule has 0 radical (unpaired) electrons. The number of carbonyl (C=O) groups excluding carboxylic acids is 1. The molecule has 1 amide bonds. The fourth-order valence-electron chi connectivity index (χ4n) is 2.80. The summed E-state index contributed by atoms with van der Waals surface area (Å²) in [6.07, 6.45) is 0. The average molecular weight is 397 g/mol. The van der Waals surface area contributed by atoms with Gasteiger partial charge in [0, 0.05) is 10.6 Å². The lowest BCUT2D eigenvalue weighted by atomic mass is 10.1. The predicted molar refractivity (Wildman–Crippen MR) is 105 cm³/mol. The van der Waals surface area contributed by atoms with Crippen LogP contribution in [0.2, 0.25) is 5.02 Å². The van der Waals surface area contributed by atoms with E-state index in [1.165, 1.54) is 12.1 Å². The van der Waals surface area contributed by atoms with Gasteiger partial charge in [0.25, 0.3) is 5.91 Å². The molecule has 0 aromatic heterocycles. The molecular formula is C20H13ClN2O3S. The van der Waals surface area contributed by atoms with Crippen LogP contribution in [0, 0.1) is 0 Å². The summed E-state index contributed by atoms with van der Waals surface area (Å²) in [6, 6.07) is 19.4. The van der Waals surface area contributed by atoms with Gasteiger partial charge in [0.1, 0.15) is 5.71 Å². The number of halogens is 1. The highest BCUT2D eigenvalue weighted by Gasteiger charge is 2.26. The van der Waals surface area contributed by atoms with E-state index < -0.39 is 9.84 Å². The zero-order chi connectivity index (χ0) is 19.0. The van der Waals surface area contributed by atoms with Crippen molar-refractivity contribution >= 4 is 44.4 Å². The highest BCUT2D eigenvalue weighted by Crippen LogP contribution is 2.29. The van der Waals surface area contributed by atoms with Crippen LogP contribution in [0.1, 0.15) is 5.56 Å². The molecule has 27 heavy (non-hydrogen) atoms. The Hall–Kier alpha value is -2.96. The smallest absolute Gasteiger partial charge is 0.275 e. The van der Waals surface area contributed by atoms with Gasteiger partial charge in [-0.2, -0.15) is 0 Å². The molecule has 1 aliphatic rings. The second-order valence-corrected chi connectivity index (χ2v) is 8.30. The van der Waals surface area contributed by atoms with Crippen LogP contribution in [-0.2, 0) is 14.6 Å². The van der Waals surface area contributed by atoms with Crippen molar-refractivity contribution in [2.24, 2.45) is 4.99 Å². The van der Waals surface area contributed by atoms with Crippen LogP contribution in [0.15, 0.2) is 87.6 Å². The van der Waals surface area contributed by atoms with E-state index in [0.717, 1.165) is 0 Å². The molecule has 0 saturated carbocycles. The third-order valence-electron chi connectivity index (χ3n) is 4.14. The number of benzene rings is 3. The van der Waals surface area contributed by atoms with Crippen molar-refractivity contribution in [3.63, 3.8) is 0 Å². The summed E-state index contributed by atoms with van der Waals surface area (Å²) in [5, 5.41) is 3.23. The summed E-state index contributed by atoms with van der Waals surface area (Å²) in [5.41, 5.74) is 1.98. The Balaban J connectivity index is 1.69. The van der Waals surface area contributed by atoms with Crippen molar-refractivity contribution < 1.29 is 13.2 Å². The number of nitrogens with zero attached hydrogens (tertiary/aromatic N) is 1. The van der Waals surface area contributed by atoms with E-state index in [4.69, 9.17) is 11.6 Å². The number of hydrogen-bond acceptors (Lipinski definition) is 4. The minimum atomic E-state index is -3.59. The number of carbonyl (C=O) groups is 1. The van der Waals surface area contributed by atoms with Gasteiger partial charge in [-0.15, -0.1) is 0 Å². The molecule has 0 saturated heterocycles. The molecule has 5 nitrogen and oxygen atoms in total. The van der Waals surface area contributed by atoms with Gasteiger partial charge in [-0.25, -0.2) is 13.4 Å². The first-order valence-corrected chi connectivity index (χ1v) is 9.91. The van der Waals surface area contributed by atoms with Gasteiger partial charge in [-0.3, -0.25) is 4.79 Å². The van der Waals surface area contributed by atoms with Crippen LogP contribution in [0.3, 0.4) is 0 Å². The molecule has 1 heterocycles. The number of sulfone groups is 1. The molecule has 0 spiro atoms. The SMILES string of the molecule is O=C1Nc2ccc(Cl)cc2C1=Nc1ccc(S(=O)(=O)c2ccccc2)cc1. The van der Waals surface area contributed by atoms with Crippen molar-refractivity contribution in [3.05, 3.63) is 83.4 Å². The lowest BCUT2D eigenvalue weighted by molar-refractivity contribution is -0.110. The van der Waals surface area contributed by atoms with E-state index in [2.05, 4.69) is 10.3 Å². The molecule has 0 fully saturated rings. The van der Waals surface area contributed by atoms with Crippen LogP contribution >= 0.6 is 11.6 Å². The summed E-state index contributed by atoms with van der Waals surface area (Å²) < 4.78 is 25.3. The van der Waals surface area contributed by atoms with Crippen LogP contribution in [-0.4, -0.2) is 20.0 Å². The van der Waals surface area contributed by atoms with Crippen molar-refractivity contribution in [2.45, 2.75) is 9.79 Å². The van der Waals surface area contributed by atoms with Crippen molar-refractivity contribution in [2.75, 3.05) is 5.32 Å². The van der Waals surface area contributed by atoms with Gasteiger partial charge >= 0.3 is 0 Å². The largest absolute Gasteiger partial charge is 0.320 e. The van der Waals surface area contributed by atoms with E-state index in [1.54, 1.807) is 60.7 Å². The molecule has 0 atom stereocenters. The Bertz CT molecular complexity index is 1170. The number of hydrogen-bond donors (Lipinski definition) is 1. The second kappa shape index (κ2) is 6.64. The van der Waals surface area contributed by atoms with Crippen LogP contribution in [0.4, 0.5) is 11.4 Å². The van der Waals surface area contributed by atoms with Gasteiger partial charge in [-0.05, 0) is 54.6 Å². The summed E-state index contributed by atoms with van der Waals surface area (Å²) in [7, 11) is -3.59. The summed E-state index contributed by atoms with van der Waals surface area (Å²) in [5.74, 6) is -0.326. The summed E-state index contributed by atoms with van der Waals surface area (Å²) in [6.45, 7) is 0. The lowest BCUT2D eigenvalue weighted by Crippen LogP contribution is -2.13. The highest BCUT2D eigenvalue weighted by atomic mass is 35.5. The van der Waals surface area contributed by atoms with E-state index in [-0.39, 0.29) is 21.4 Å². The number of fused-ring (bicyclic) bond motifs is 1. The lowest BCUT2D eigenvalue weighted by Gasteiger charge is -2.05. The Morgan fingerprint density at radius 2 is 1.52 bits per heavy atom. The number of aliphatic imine (C=N–C) groups is 1. The normalized spacial score (nSPS) is 14.9. The molecule has 1 N–H and O–H groups in total. The number of amides is 1. The highest BCUT2D eigenvalue weighted by molar-refractivity contribution is 7.91. The van der Waals surface area contributed by atoms with E-state index in [9.17, 15) is 13.2 Å². The van der Waals surface area contributed by atoms with Crippen molar-refractivity contribution in [1.82, 2.24) is 0 Å². The second-order valence-electron chi connectivity index (χ2n) is 5.91. The van der Waals surface area contributed by atoms with Crippen LogP contribution < -0.4 is 5.32 Å². The van der Waals surface area contributed by atoms with Crippen molar-refractivity contribution in [1.29, 1.82) is 0 Å². The predicted octanol–water partition coefficient (Wildman–Crippen LogP) is 4.25. The minimum absolute atomic E-state index is 0.164. The molecule has 0 unspecified atom stereocenters. The third-order valence-corrected chi connectivity index (χ3v) is 6.16. The molecule has 3 aromatic rings. The first kappa shape index (κ1) is 17.5. The van der Waals surface area contributed by atoms with Gasteiger partial charge in [0.15, 0.2) is 0 Å². The van der Waals surface area contributed by atoms with Gasteiger partial charge in [0.05, 0.1) is 21.2 Å². The maximum absolute atomic E-state index is 12.6. The van der Waals surface area contributed by atoms with Crippen LogP contribution in [0.25, 0.3) is 0 Å². The Morgan fingerprint density at radius 3 is 2.22 bits per heavy atom. The molecule has 3 aromatic carbocycles. The third kappa shape index (κ3) is 3.25. The zero-order valence-corrected chi connectivity index (χ0v) is 15.5. The number of nitrogens with one attached hydrogen (secondary N) is 1. The molecular weight excluding hydrogens is 384 g/mol. The quantitative estimate of drug-likeness (QED) is 0.719. The fraction of sp³-hybridized carbons (Fsp3) is 0. The topological polar surface area (TPSA) is 75.6 Å². The standard InChI is InChI=1S/C20H13ClN2O3S/c21-13-6-11-18-17(12-13)19(20(24)23-18)22-14-7-9-16(10-8-14)27(25,26)15-4-2-1-3-5-15/h1-12H,(H,22,23,24). The van der Waals surface area contributed by atoms with Gasteiger partial charge in [-0.1, -0.05) is 29.8 Å². The molecule has 0 aliphatic carbocycles. The average Bonchev–Trinajstić information content (AvgIpc) is 2.98. The molecule has 0 bridgehead atoms. The van der Waals surface area contributed by atoms with Gasteiger partial charge < -0.3 is 5.32 Å². The van der Waals surface area contributed by atoms with E-state index in [0.29, 0.717) is 22.0 Å². The Labute approximate surface area is 161 Å². The Kier molecular flexibility index (Phi) is 4.30. The number of rotatable bonds is 3. The fourth-order valence-corrected chi connectivity index (χ4v) is 4.25. The molecule has 7 heteroatoms. The zero-order valence-electron chi connectivity index (χ0n) is 13.9. The first-order valence-electron chi connectivity index (χ1n) is 8.05. The molecule has 1 aliphatic heterocycles. The van der Waals surface area contributed by atoms with Crippen molar-refractivity contribution in [3.8, 4) is 0 Å². The summed E-state index contributed by atoms with van der Waals surface area (Å²) in [4.78, 5) is 16.9. The molecule has 4 rings (SSSR count). The number of anilines is 1. The molecule has 134 valence electrons. The van der Waals surface area contributed by atoms with Crippen LogP contribution in [0.5, 0.6) is 0 Å². The van der Waals surface area contributed by atoms with Gasteiger partial charge in [0.2, 0.25) is 9.84 Å². The first-order chi connectivity index (χ1) is 12.9. The van der Waals surface area contributed by atoms with E-state index >= 15 is 0 Å². The summed E-state index contributed by atoms with van der Waals surface area (Å²) >= 11 is 6.01.